The van der Waals surface area contributed by atoms with Crippen molar-refractivity contribution in [1.29, 1.82) is 0 Å². The van der Waals surface area contributed by atoms with Crippen LogP contribution < -0.4 is 4.90 Å². The van der Waals surface area contributed by atoms with E-state index in [4.69, 9.17) is 9.84 Å². The normalized spacial score (nSPS) is 18.6. The van der Waals surface area contributed by atoms with E-state index < -0.39 is 0 Å². The SMILES string of the molecule is CCOC(=O)c1cccnc1N1CCC(CCO)C1. The Bertz CT molecular complexity index is 436. The number of carbonyl (C=O) groups is 1. The topological polar surface area (TPSA) is 62.7 Å². The van der Waals surface area contributed by atoms with Crippen LogP contribution in [0.4, 0.5) is 5.82 Å². The van der Waals surface area contributed by atoms with E-state index >= 15 is 0 Å². The summed E-state index contributed by atoms with van der Waals surface area (Å²) in [6.45, 7) is 4.07. The van der Waals surface area contributed by atoms with Crippen LogP contribution in [0.3, 0.4) is 0 Å². The summed E-state index contributed by atoms with van der Waals surface area (Å²) in [7, 11) is 0. The lowest BCUT2D eigenvalue weighted by Gasteiger charge is -2.19. The molecule has 0 bridgehead atoms. The van der Waals surface area contributed by atoms with Gasteiger partial charge in [-0.3, -0.25) is 0 Å². The van der Waals surface area contributed by atoms with E-state index in [1.54, 1.807) is 25.3 Å². The highest BCUT2D eigenvalue weighted by Crippen LogP contribution is 2.26. The Kier molecular flexibility index (Phi) is 4.74. The van der Waals surface area contributed by atoms with Crippen LogP contribution >= 0.6 is 0 Å². The summed E-state index contributed by atoms with van der Waals surface area (Å²) in [5, 5.41) is 8.99. The van der Waals surface area contributed by atoms with Crippen molar-refractivity contribution in [3.05, 3.63) is 23.9 Å². The summed E-state index contributed by atoms with van der Waals surface area (Å²) in [6.07, 6.45) is 3.52. The molecular formula is C14H20N2O3. The van der Waals surface area contributed by atoms with E-state index in [1.807, 2.05) is 0 Å². The first kappa shape index (κ1) is 13.8. The highest BCUT2D eigenvalue weighted by molar-refractivity contribution is 5.94. The molecule has 1 fully saturated rings. The minimum Gasteiger partial charge on any atom is -0.462 e. The fourth-order valence-electron chi connectivity index (χ4n) is 2.46. The lowest BCUT2D eigenvalue weighted by molar-refractivity contribution is 0.0526. The average molecular weight is 264 g/mol. The monoisotopic (exact) mass is 264 g/mol. The largest absolute Gasteiger partial charge is 0.462 e. The van der Waals surface area contributed by atoms with Gasteiger partial charge in [-0.1, -0.05) is 0 Å². The summed E-state index contributed by atoms with van der Waals surface area (Å²) in [4.78, 5) is 18.3. The zero-order chi connectivity index (χ0) is 13.7. The van der Waals surface area contributed by atoms with Crippen LogP contribution in [0.1, 0.15) is 30.1 Å². The first-order valence-corrected chi connectivity index (χ1v) is 6.74. The maximum atomic E-state index is 11.9. The van der Waals surface area contributed by atoms with Gasteiger partial charge in [-0.15, -0.1) is 0 Å². The molecule has 5 heteroatoms. The molecule has 1 aliphatic rings. The maximum absolute atomic E-state index is 11.9. The molecule has 1 saturated heterocycles. The Morgan fingerprint density at radius 2 is 2.47 bits per heavy atom. The van der Waals surface area contributed by atoms with E-state index in [-0.39, 0.29) is 12.6 Å². The lowest BCUT2D eigenvalue weighted by Crippen LogP contribution is -2.24. The van der Waals surface area contributed by atoms with Crippen LogP contribution in [-0.2, 0) is 4.74 Å². The Labute approximate surface area is 113 Å². The number of rotatable bonds is 5. The second kappa shape index (κ2) is 6.52. The van der Waals surface area contributed by atoms with Crippen LogP contribution in [-0.4, -0.2) is 42.4 Å². The van der Waals surface area contributed by atoms with Gasteiger partial charge < -0.3 is 14.7 Å². The van der Waals surface area contributed by atoms with Gasteiger partial charge in [-0.2, -0.15) is 0 Å². The lowest BCUT2D eigenvalue weighted by atomic mass is 10.1. The molecule has 1 aromatic rings. The van der Waals surface area contributed by atoms with Crippen molar-refractivity contribution < 1.29 is 14.6 Å². The third-order valence-electron chi connectivity index (χ3n) is 3.40. The van der Waals surface area contributed by atoms with E-state index in [0.717, 1.165) is 25.9 Å². The third kappa shape index (κ3) is 3.23. The molecule has 104 valence electrons. The van der Waals surface area contributed by atoms with Crippen molar-refractivity contribution in [1.82, 2.24) is 4.98 Å². The Hall–Kier alpha value is -1.62. The van der Waals surface area contributed by atoms with E-state index in [9.17, 15) is 4.79 Å². The van der Waals surface area contributed by atoms with Crippen molar-refractivity contribution in [3.8, 4) is 0 Å². The first-order valence-electron chi connectivity index (χ1n) is 6.74. The van der Waals surface area contributed by atoms with E-state index in [2.05, 4.69) is 9.88 Å². The molecule has 0 radical (unpaired) electrons. The molecular weight excluding hydrogens is 244 g/mol. The van der Waals surface area contributed by atoms with Gasteiger partial charge in [0.25, 0.3) is 0 Å². The van der Waals surface area contributed by atoms with Gasteiger partial charge in [-0.05, 0) is 37.8 Å². The first-order chi connectivity index (χ1) is 9.26. The summed E-state index contributed by atoms with van der Waals surface area (Å²) in [6, 6.07) is 3.50. The average Bonchev–Trinajstić information content (AvgIpc) is 2.88. The van der Waals surface area contributed by atoms with Gasteiger partial charge in [0.15, 0.2) is 0 Å². The summed E-state index contributed by atoms with van der Waals surface area (Å²) in [5.41, 5.74) is 0.522. The molecule has 19 heavy (non-hydrogen) atoms. The van der Waals surface area contributed by atoms with E-state index in [1.165, 1.54) is 0 Å². The molecule has 0 aromatic carbocycles. The highest BCUT2D eigenvalue weighted by atomic mass is 16.5. The fraction of sp³-hybridized carbons (Fsp3) is 0.571. The van der Waals surface area contributed by atoms with Crippen LogP contribution in [0.5, 0.6) is 0 Å². The number of pyridine rings is 1. The molecule has 1 aliphatic heterocycles. The number of nitrogens with zero attached hydrogens (tertiary/aromatic N) is 2. The maximum Gasteiger partial charge on any atom is 0.341 e. The molecule has 2 rings (SSSR count). The second-order valence-corrected chi connectivity index (χ2v) is 4.71. The van der Waals surface area contributed by atoms with Gasteiger partial charge in [0.2, 0.25) is 0 Å². The number of hydrogen-bond donors (Lipinski definition) is 1. The van der Waals surface area contributed by atoms with Crippen molar-refractivity contribution >= 4 is 11.8 Å². The molecule has 5 nitrogen and oxygen atoms in total. The summed E-state index contributed by atoms with van der Waals surface area (Å²) in [5.74, 6) is 0.847. The smallest absolute Gasteiger partial charge is 0.341 e. The standard InChI is InChI=1S/C14H20N2O3/c1-2-19-14(18)12-4-3-7-15-13(12)16-8-5-11(10-16)6-9-17/h3-4,7,11,17H,2,5-6,8-10H2,1H3. The quantitative estimate of drug-likeness (QED) is 0.816. The van der Waals surface area contributed by atoms with Gasteiger partial charge >= 0.3 is 5.97 Å². The molecule has 1 N–H and O–H groups in total. The van der Waals surface area contributed by atoms with Gasteiger partial charge in [0, 0.05) is 25.9 Å². The number of aromatic nitrogens is 1. The third-order valence-corrected chi connectivity index (χ3v) is 3.40. The second-order valence-electron chi connectivity index (χ2n) is 4.71. The number of aliphatic hydroxyl groups excluding tert-OH is 1. The molecule has 1 aromatic heterocycles. The molecule has 0 saturated carbocycles. The number of esters is 1. The minimum atomic E-state index is -0.323. The zero-order valence-electron chi connectivity index (χ0n) is 11.2. The van der Waals surface area contributed by atoms with Crippen molar-refractivity contribution in [3.63, 3.8) is 0 Å². The van der Waals surface area contributed by atoms with Crippen LogP contribution in [0.2, 0.25) is 0 Å². The Balaban J connectivity index is 2.14. The Morgan fingerprint density at radius 1 is 1.63 bits per heavy atom. The predicted molar refractivity (Wildman–Crippen MR) is 72.2 cm³/mol. The Morgan fingerprint density at radius 3 is 3.21 bits per heavy atom. The van der Waals surface area contributed by atoms with E-state index in [0.29, 0.717) is 23.9 Å². The van der Waals surface area contributed by atoms with Gasteiger partial charge in [0.1, 0.15) is 11.4 Å². The predicted octanol–water partition coefficient (Wildman–Crippen LogP) is 1.47. The van der Waals surface area contributed by atoms with Crippen molar-refractivity contribution in [2.24, 2.45) is 5.92 Å². The zero-order valence-corrected chi connectivity index (χ0v) is 11.2. The molecule has 0 aliphatic carbocycles. The molecule has 1 unspecified atom stereocenters. The minimum absolute atomic E-state index is 0.214. The fourth-order valence-corrected chi connectivity index (χ4v) is 2.46. The van der Waals surface area contributed by atoms with Gasteiger partial charge in [-0.25, -0.2) is 9.78 Å². The molecule has 0 amide bonds. The highest BCUT2D eigenvalue weighted by Gasteiger charge is 2.26. The van der Waals surface area contributed by atoms with Crippen LogP contribution in [0.25, 0.3) is 0 Å². The van der Waals surface area contributed by atoms with Crippen LogP contribution in [0, 0.1) is 5.92 Å². The van der Waals surface area contributed by atoms with Crippen molar-refractivity contribution in [2.75, 3.05) is 31.2 Å². The summed E-state index contributed by atoms with van der Waals surface area (Å²) >= 11 is 0. The number of ether oxygens (including phenoxy) is 1. The number of aliphatic hydroxyl groups is 1. The van der Waals surface area contributed by atoms with Gasteiger partial charge in [0.05, 0.1) is 6.61 Å². The molecule has 0 spiro atoms. The molecule has 2 heterocycles. The number of carbonyl (C=O) groups excluding carboxylic acids is 1. The number of anilines is 1. The van der Waals surface area contributed by atoms with Crippen LogP contribution in [0.15, 0.2) is 18.3 Å². The summed E-state index contributed by atoms with van der Waals surface area (Å²) < 4.78 is 5.06. The number of hydrogen-bond acceptors (Lipinski definition) is 5. The molecule has 1 atom stereocenters. The van der Waals surface area contributed by atoms with Crippen molar-refractivity contribution in [2.45, 2.75) is 19.8 Å².